The van der Waals surface area contributed by atoms with Gasteiger partial charge < -0.3 is 10.1 Å². The molecule has 25 heavy (non-hydrogen) atoms. The fourth-order valence-corrected chi connectivity index (χ4v) is 4.86. The second-order valence-corrected chi connectivity index (χ2v) is 8.42. The van der Waals surface area contributed by atoms with Gasteiger partial charge in [0.15, 0.2) is 0 Å². The highest BCUT2D eigenvalue weighted by molar-refractivity contribution is 7.89. The van der Waals surface area contributed by atoms with E-state index in [0.29, 0.717) is 44.0 Å². The van der Waals surface area contributed by atoms with Gasteiger partial charge in [-0.15, -0.1) is 0 Å². The van der Waals surface area contributed by atoms with E-state index in [2.05, 4.69) is 17.5 Å². The summed E-state index contributed by atoms with van der Waals surface area (Å²) < 4.78 is 32.4. The molecule has 0 radical (unpaired) electrons. The highest BCUT2D eigenvalue weighted by Crippen LogP contribution is 2.25. The van der Waals surface area contributed by atoms with Crippen LogP contribution in [-0.2, 0) is 19.6 Å². The van der Waals surface area contributed by atoms with Crippen LogP contribution in [0.2, 0.25) is 0 Å². The van der Waals surface area contributed by atoms with Crippen LogP contribution in [-0.4, -0.2) is 44.9 Å². The van der Waals surface area contributed by atoms with Crippen molar-refractivity contribution in [2.75, 3.05) is 31.6 Å². The second-order valence-electron chi connectivity index (χ2n) is 6.51. The van der Waals surface area contributed by atoms with Crippen LogP contribution in [0.15, 0.2) is 35.2 Å². The number of anilines is 1. The summed E-state index contributed by atoms with van der Waals surface area (Å²) in [6.45, 7) is 3.29. The summed E-state index contributed by atoms with van der Waals surface area (Å²) in [5, 5.41) is 2.83. The van der Waals surface area contributed by atoms with Crippen LogP contribution in [0.4, 0.5) is 5.69 Å². The van der Waals surface area contributed by atoms with Crippen molar-refractivity contribution in [2.24, 2.45) is 5.92 Å². The van der Waals surface area contributed by atoms with E-state index in [1.807, 2.05) is 0 Å². The molecule has 1 aliphatic carbocycles. The molecule has 1 heterocycles. The number of rotatable bonds is 5. The lowest BCUT2D eigenvalue weighted by Gasteiger charge is -2.26. The zero-order chi connectivity index (χ0) is 17.9. The lowest BCUT2D eigenvalue weighted by molar-refractivity contribution is -0.116. The van der Waals surface area contributed by atoms with Crippen molar-refractivity contribution in [3.8, 4) is 0 Å². The first-order chi connectivity index (χ1) is 12.0. The van der Waals surface area contributed by atoms with E-state index >= 15 is 0 Å². The third kappa shape index (κ3) is 4.29. The number of aryl methyl sites for hydroxylation is 1. The number of sulfonamides is 1. The Kier molecular flexibility index (Phi) is 5.56. The van der Waals surface area contributed by atoms with Gasteiger partial charge in [-0.25, -0.2) is 8.42 Å². The fourth-order valence-electron chi connectivity index (χ4n) is 3.20. The van der Waals surface area contributed by atoms with Crippen molar-refractivity contribution in [2.45, 2.75) is 31.1 Å². The molecule has 1 aromatic rings. The standard InChI is InChI=1S/C18H24N2O4S/c1-14-6-7-16(19-18(21)12-15-4-2-3-5-15)13-17(14)25(22,23)20-8-10-24-11-9-20/h2,4,6-7,13,15H,3,5,8-12H2,1H3,(H,19,21). The predicted molar refractivity (Wildman–Crippen MR) is 95.9 cm³/mol. The average molecular weight is 364 g/mol. The third-order valence-electron chi connectivity index (χ3n) is 4.62. The summed E-state index contributed by atoms with van der Waals surface area (Å²) in [6.07, 6.45) is 6.61. The summed E-state index contributed by atoms with van der Waals surface area (Å²) in [4.78, 5) is 12.4. The lowest BCUT2D eigenvalue weighted by Crippen LogP contribution is -2.40. The number of nitrogens with one attached hydrogen (secondary N) is 1. The number of morpholine rings is 1. The first-order valence-electron chi connectivity index (χ1n) is 8.62. The minimum Gasteiger partial charge on any atom is -0.379 e. The van der Waals surface area contributed by atoms with E-state index < -0.39 is 10.0 Å². The maximum atomic E-state index is 12.9. The van der Waals surface area contributed by atoms with Gasteiger partial charge in [-0.1, -0.05) is 18.2 Å². The summed E-state index contributed by atoms with van der Waals surface area (Å²) in [6, 6.07) is 5.04. The van der Waals surface area contributed by atoms with Crippen LogP contribution in [0.3, 0.4) is 0 Å². The van der Waals surface area contributed by atoms with Crippen LogP contribution in [0.5, 0.6) is 0 Å². The lowest BCUT2D eigenvalue weighted by atomic mass is 10.1. The third-order valence-corrected chi connectivity index (χ3v) is 6.66. The molecule has 0 spiro atoms. The van der Waals surface area contributed by atoms with E-state index in [1.165, 1.54) is 4.31 Å². The van der Waals surface area contributed by atoms with Crippen LogP contribution >= 0.6 is 0 Å². The molecule has 1 aliphatic heterocycles. The van der Waals surface area contributed by atoms with Crippen molar-refractivity contribution < 1.29 is 17.9 Å². The van der Waals surface area contributed by atoms with E-state index in [1.54, 1.807) is 25.1 Å². The molecule has 0 saturated carbocycles. The zero-order valence-electron chi connectivity index (χ0n) is 14.4. The molecule has 3 rings (SSSR count). The van der Waals surface area contributed by atoms with Crippen LogP contribution in [0, 0.1) is 12.8 Å². The molecule has 1 atom stereocenters. The van der Waals surface area contributed by atoms with Gasteiger partial charge in [0.25, 0.3) is 0 Å². The van der Waals surface area contributed by atoms with E-state index in [-0.39, 0.29) is 16.7 Å². The topological polar surface area (TPSA) is 75.7 Å². The quantitative estimate of drug-likeness (QED) is 0.814. The number of nitrogens with zero attached hydrogens (tertiary/aromatic N) is 1. The van der Waals surface area contributed by atoms with Crippen LogP contribution < -0.4 is 5.32 Å². The highest BCUT2D eigenvalue weighted by Gasteiger charge is 2.28. The van der Waals surface area contributed by atoms with Gasteiger partial charge >= 0.3 is 0 Å². The molecule has 1 fully saturated rings. The fraction of sp³-hybridized carbons (Fsp3) is 0.500. The van der Waals surface area contributed by atoms with Gasteiger partial charge in [-0.2, -0.15) is 4.31 Å². The van der Waals surface area contributed by atoms with E-state index in [9.17, 15) is 13.2 Å². The number of hydrogen-bond donors (Lipinski definition) is 1. The van der Waals surface area contributed by atoms with Crippen molar-refractivity contribution in [1.82, 2.24) is 4.31 Å². The number of amides is 1. The van der Waals surface area contributed by atoms with Crippen LogP contribution in [0.25, 0.3) is 0 Å². The first kappa shape index (κ1) is 18.1. The largest absolute Gasteiger partial charge is 0.379 e. The summed E-state index contributed by atoms with van der Waals surface area (Å²) >= 11 is 0. The molecular weight excluding hydrogens is 340 g/mol. The zero-order valence-corrected chi connectivity index (χ0v) is 15.2. The molecule has 6 nitrogen and oxygen atoms in total. The van der Waals surface area contributed by atoms with Gasteiger partial charge in [-0.05, 0) is 43.4 Å². The average Bonchev–Trinajstić information content (AvgIpc) is 3.10. The molecule has 2 aliphatic rings. The Morgan fingerprint density at radius 2 is 2.08 bits per heavy atom. The van der Waals surface area contributed by atoms with E-state index in [0.717, 1.165) is 12.8 Å². The molecule has 7 heteroatoms. The first-order valence-corrected chi connectivity index (χ1v) is 10.1. The van der Waals surface area contributed by atoms with Gasteiger partial charge in [0.05, 0.1) is 18.1 Å². The number of hydrogen-bond acceptors (Lipinski definition) is 4. The highest BCUT2D eigenvalue weighted by atomic mass is 32.2. The SMILES string of the molecule is Cc1ccc(NC(=O)CC2C=CCC2)cc1S(=O)(=O)N1CCOCC1. The number of allylic oxidation sites excluding steroid dienone is 2. The molecular formula is C18H24N2O4S. The molecule has 0 bridgehead atoms. The number of carbonyl (C=O) groups excluding carboxylic acids is 1. The monoisotopic (exact) mass is 364 g/mol. The number of ether oxygens (including phenoxy) is 1. The molecule has 1 saturated heterocycles. The van der Waals surface area contributed by atoms with Crippen molar-refractivity contribution >= 4 is 21.6 Å². The normalized spacial score (nSPS) is 21.4. The predicted octanol–water partition coefficient (Wildman–Crippen LogP) is 2.31. The maximum Gasteiger partial charge on any atom is 0.243 e. The summed E-state index contributed by atoms with van der Waals surface area (Å²) in [5.74, 6) is 0.192. The number of benzene rings is 1. The summed E-state index contributed by atoms with van der Waals surface area (Å²) in [7, 11) is -3.58. The minimum atomic E-state index is -3.58. The van der Waals surface area contributed by atoms with Gasteiger partial charge in [0.1, 0.15) is 0 Å². The molecule has 0 aromatic heterocycles. The molecule has 136 valence electrons. The maximum absolute atomic E-state index is 12.9. The molecule has 1 unspecified atom stereocenters. The minimum absolute atomic E-state index is 0.0878. The molecule has 1 N–H and O–H groups in total. The Labute approximate surface area is 148 Å². The Hall–Kier alpha value is -1.70. The smallest absolute Gasteiger partial charge is 0.243 e. The van der Waals surface area contributed by atoms with Crippen LogP contribution in [0.1, 0.15) is 24.8 Å². The van der Waals surface area contributed by atoms with Gasteiger partial charge in [0.2, 0.25) is 15.9 Å². The molecule has 1 amide bonds. The Bertz CT molecular complexity index is 767. The Morgan fingerprint density at radius 3 is 2.76 bits per heavy atom. The van der Waals surface area contributed by atoms with Gasteiger partial charge in [0, 0.05) is 25.2 Å². The second kappa shape index (κ2) is 7.68. The number of carbonyl (C=O) groups is 1. The Balaban J connectivity index is 1.75. The summed E-state index contributed by atoms with van der Waals surface area (Å²) in [5.41, 5.74) is 1.19. The van der Waals surface area contributed by atoms with E-state index in [4.69, 9.17) is 4.74 Å². The van der Waals surface area contributed by atoms with Crippen molar-refractivity contribution in [3.05, 3.63) is 35.9 Å². The molecule has 1 aromatic carbocycles. The van der Waals surface area contributed by atoms with Crippen molar-refractivity contribution in [1.29, 1.82) is 0 Å². The van der Waals surface area contributed by atoms with Crippen molar-refractivity contribution in [3.63, 3.8) is 0 Å². The van der Waals surface area contributed by atoms with Gasteiger partial charge in [-0.3, -0.25) is 4.79 Å². The Morgan fingerprint density at radius 1 is 1.32 bits per heavy atom.